The Balaban J connectivity index is 1.97. The van der Waals surface area contributed by atoms with Gasteiger partial charge in [0.1, 0.15) is 5.82 Å². The van der Waals surface area contributed by atoms with Crippen LogP contribution in [0.5, 0.6) is 0 Å². The van der Waals surface area contributed by atoms with Crippen molar-refractivity contribution in [1.82, 2.24) is 10.6 Å². The number of rotatable bonds is 2. The zero-order valence-corrected chi connectivity index (χ0v) is 9.50. The van der Waals surface area contributed by atoms with Crippen LogP contribution in [0.3, 0.4) is 0 Å². The van der Waals surface area contributed by atoms with E-state index in [9.17, 15) is 4.39 Å². The third-order valence-corrected chi connectivity index (χ3v) is 2.81. The van der Waals surface area contributed by atoms with E-state index in [-0.39, 0.29) is 5.82 Å². The van der Waals surface area contributed by atoms with Crippen LogP contribution in [0.15, 0.2) is 29.3 Å². The van der Waals surface area contributed by atoms with Gasteiger partial charge in [-0.15, -0.1) is 0 Å². The van der Waals surface area contributed by atoms with Gasteiger partial charge in [0.15, 0.2) is 5.96 Å². The summed E-state index contributed by atoms with van der Waals surface area (Å²) in [5.41, 5.74) is 1.00. The van der Waals surface area contributed by atoms with Crippen LogP contribution in [0.2, 0.25) is 0 Å². The first-order valence-electron chi connectivity index (χ1n) is 5.47. The van der Waals surface area contributed by atoms with Crippen LogP contribution in [0.1, 0.15) is 19.4 Å². The molecule has 1 aromatic carbocycles. The van der Waals surface area contributed by atoms with Crippen molar-refractivity contribution in [3.63, 3.8) is 0 Å². The highest BCUT2D eigenvalue weighted by molar-refractivity contribution is 5.82. The molecule has 2 N–H and O–H groups in total. The monoisotopic (exact) mass is 221 g/mol. The first-order chi connectivity index (χ1) is 7.65. The maximum absolute atomic E-state index is 12.7. The number of benzene rings is 1. The molecule has 1 aliphatic rings. The second-order valence-electron chi connectivity index (χ2n) is 4.16. The molecule has 0 saturated carbocycles. The molecule has 0 bridgehead atoms. The molecule has 0 aliphatic carbocycles. The lowest BCUT2D eigenvalue weighted by Crippen LogP contribution is -2.26. The minimum atomic E-state index is -0.212. The largest absolute Gasteiger partial charge is 0.352 e. The van der Waals surface area contributed by atoms with Crippen LogP contribution >= 0.6 is 0 Å². The molecule has 1 fully saturated rings. The fraction of sp³-hybridized carbons (Fsp3) is 0.417. The summed E-state index contributed by atoms with van der Waals surface area (Å²) in [5.74, 6) is 0.611. The second kappa shape index (κ2) is 4.51. The molecule has 86 valence electrons. The van der Waals surface area contributed by atoms with E-state index in [2.05, 4.69) is 29.5 Å². The third kappa shape index (κ3) is 2.51. The summed E-state index contributed by atoms with van der Waals surface area (Å²) in [5, 5.41) is 6.50. The summed E-state index contributed by atoms with van der Waals surface area (Å²) in [6, 6.07) is 7.20. The lowest BCUT2D eigenvalue weighted by atomic mass is 10.2. The number of aliphatic imine (C=N–C) groups is 1. The molecule has 2 rings (SSSR count). The summed E-state index contributed by atoms with van der Waals surface area (Å²) in [7, 11) is 0. The van der Waals surface area contributed by atoms with Gasteiger partial charge in [-0.3, -0.25) is 0 Å². The minimum Gasteiger partial charge on any atom is -0.352 e. The van der Waals surface area contributed by atoms with Gasteiger partial charge >= 0.3 is 0 Å². The highest BCUT2D eigenvalue weighted by Gasteiger charge is 2.21. The van der Waals surface area contributed by atoms with Gasteiger partial charge in [0.25, 0.3) is 0 Å². The zero-order valence-electron chi connectivity index (χ0n) is 9.50. The Labute approximate surface area is 94.8 Å². The van der Waals surface area contributed by atoms with Gasteiger partial charge in [0.2, 0.25) is 0 Å². The van der Waals surface area contributed by atoms with Gasteiger partial charge in [0.05, 0.1) is 6.54 Å². The molecule has 1 heterocycles. The topological polar surface area (TPSA) is 36.4 Å². The van der Waals surface area contributed by atoms with Crippen molar-refractivity contribution in [1.29, 1.82) is 0 Å². The van der Waals surface area contributed by atoms with Crippen LogP contribution in [-0.4, -0.2) is 18.0 Å². The lowest BCUT2D eigenvalue weighted by Gasteiger charge is -2.04. The summed E-state index contributed by atoms with van der Waals surface area (Å²) < 4.78 is 12.7. The molecule has 1 saturated heterocycles. The first-order valence-corrected chi connectivity index (χ1v) is 5.47. The Morgan fingerprint density at radius 2 is 1.69 bits per heavy atom. The van der Waals surface area contributed by atoms with Crippen molar-refractivity contribution in [2.75, 3.05) is 0 Å². The van der Waals surface area contributed by atoms with Gasteiger partial charge in [-0.1, -0.05) is 12.1 Å². The van der Waals surface area contributed by atoms with E-state index in [1.54, 1.807) is 12.1 Å². The van der Waals surface area contributed by atoms with Crippen molar-refractivity contribution in [2.24, 2.45) is 4.99 Å². The van der Waals surface area contributed by atoms with Gasteiger partial charge in [-0.25, -0.2) is 9.38 Å². The van der Waals surface area contributed by atoms with Crippen molar-refractivity contribution >= 4 is 5.96 Å². The number of hydrogen-bond donors (Lipinski definition) is 2. The number of guanidine groups is 1. The number of nitrogens with zero attached hydrogens (tertiary/aromatic N) is 1. The average Bonchev–Trinajstić information content (AvgIpc) is 2.58. The van der Waals surface area contributed by atoms with Crippen LogP contribution in [0.4, 0.5) is 4.39 Å². The molecule has 0 amide bonds. The molecule has 2 unspecified atom stereocenters. The van der Waals surface area contributed by atoms with E-state index >= 15 is 0 Å². The van der Waals surface area contributed by atoms with Crippen LogP contribution < -0.4 is 10.6 Å². The maximum atomic E-state index is 12.7. The molecular formula is C12H16FN3. The van der Waals surface area contributed by atoms with Gasteiger partial charge in [0, 0.05) is 12.1 Å². The zero-order chi connectivity index (χ0) is 11.5. The first kappa shape index (κ1) is 10.9. The fourth-order valence-electron chi connectivity index (χ4n) is 1.57. The SMILES string of the molecule is CC1NC(=NCc2ccc(F)cc2)NC1C. The van der Waals surface area contributed by atoms with Crippen molar-refractivity contribution in [2.45, 2.75) is 32.5 Å². The summed E-state index contributed by atoms with van der Waals surface area (Å²) in [4.78, 5) is 4.40. The fourth-order valence-corrected chi connectivity index (χ4v) is 1.57. The molecule has 1 aliphatic heterocycles. The van der Waals surface area contributed by atoms with E-state index in [4.69, 9.17) is 0 Å². The van der Waals surface area contributed by atoms with E-state index in [0.717, 1.165) is 11.5 Å². The molecule has 0 radical (unpaired) electrons. The number of hydrogen-bond acceptors (Lipinski definition) is 1. The smallest absolute Gasteiger partial charge is 0.192 e. The summed E-state index contributed by atoms with van der Waals surface area (Å²) in [6.45, 7) is 4.78. The Hall–Kier alpha value is -1.58. The van der Waals surface area contributed by atoms with Crippen LogP contribution in [0, 0.1) is 5.82 Å². The van der Waals surface area contributed by atoms with Crippen molar-refractivity contribution < 1.29 is 4.39 Å². The normalized spacial score (nSPS) is 23.8. The van der Waals surface area contributed by atoms with Crippen LogP contribution in [-0.2, 0) is 6.54 Å². The van der Waals surface area contributed by atoms with E-state index in [1.807, 2.05) is 0 Å². The maximum Gasteiger partial charge on any atom is 0.192 e. The minimum absolute atomic E-state index is 0.212. The van der Waals surface area contributed by atoms with E-state index in [0.29, 0.717) is 18.6 Å². The molecular weight excluding hydrogens is 205 g/mol. The molecule has 0 aromatic heterocycles. The molecule has 0 spiro atoms. The summed E-state index contributed by atoms with van der Waals surface area (Å²) in [6.07, 6.45) is 0. The molecule has 16 heavy (non-hydrogen) atoms. The van der Waals surface area contributed by atoms with E-state index in [1.165, 1.54) is 12.1 Å². The van der Waals surface area contributed by atoms with Gasteiger partial charge in [-0.05, 0) is 31.5 Å². The van der Waals surface area contributed by atoms with Gasteiger partial charge in [-0.2, -0.15) is 0 Å². The van der Waals surface area contributed by atoms with Crippen molar-refractivity contribution in [3.05, 3.63) is 35.6 Å². The second-order valence-corrected chi connectivity index (χ2v) is 4.16. The Bertz CT molecular complexity index is 374. The number of nitrogens with one attached hydrogen (secondary N) is 2. The Kier molecular flexibility index (Phi) is 3.08. The van der Waals surface area contributed by atoms with Crippen molar-refractivity contribution in [3.8, 4) is 0 Å². The third-order valence-electron chi connectivity index (χ3n) is 2.81. The standard InChI is InChI=1S/C12H16FN3/c1-8-9(2)16-12(15-8)14-7-10-3-5-11(13)6-4-10/h3-6,8-9H,7H2,1-2H3,(H2,14,15,16). The number of halogens is 1. The average molecular weight is 221 g/mol. The molecule has 4 heteroatoms. The molecule has 1 aromatic rings. The van der Waals surface area contributed by atoms with E-state index < -0.39 is 0 Å². The Morgan fingerprint density at radius 3 is 2.25 bits per heavy atom. The predicted octanol–water partition coefficient (Wildman–Crippen LogP) is 1.65. The Morgan fingerprint density at radius 1 is 1.12 bits per heavy atom. The highest BCUT2D eigenvalue weighted by Crippen LogP contribution is 2.05. The highest BCUT2D eigenvalue weighted by atomic mass is 19.1. The van der Waals surface area contributed by atoms with Gasteiger partial charge < -0.3 is 10.6 Å². The predicted molar refractivity (Wildman–Crippen MR) is 62.7 cm³/mol. The quantitative estimate of drug-likeness (QED) is 0.796. The lowest BCUT2D eigenvalue weighted by molar-refractivity contribution is 0.583. The molecule has 2 atom stereocenters. The molecule has 3 nitrogen and oxygen atoms in total. The summed E-state index contributed by atoms with van der Waals surface area (Å²) >= 11 is 0. The van der Waals surface area contributed by atoms with Crippen LogP contribution in [0.25, 0.3) is 0 Å².